The molecule has 5 nitrogen and oxygen atoms in total. The first-order valence-corrected chi connectivity index (χ1v) is 11.1. The Morgan fingerprint density at radius 3 is 2.19 bits per heavy atom. The van der Waals surface area contributed by atoms with Crippen LogP contribution in [0.3, 0.4) is 0 Å². The van der Waals surface area contributed by atoms with Crippen LogP contribution in [0.5, 0.6) is 5.75 Å². The third-order valence-electron chi connectivity index (χ3n) is 5.67. The van der Waals surface area contributed by atoms with Crippen molar-refractivity contribution in [3.8, 4) is 5.75 Å². The van der Waals surface area contributed by atoms with Gasteiger partial charge in [-0.2, -0.15) is 0 Å². The van der Waals surface area contributed by atoms with E-state index in [0.29, 0.717) is 12.2 Å². The van der Waals surface area contributed by atoms with E-state index in [-0.39, 0.29) is 17.4 Å². The fourth-order valence-corrected chi connectivity index (χ4v) is 3.63. The number of rotatable bonds is 7. The van der Waals surface area contributed by atoms with E-state index in [2.05, 4.69) is 38.2 Å². The Morgan fingerprint density at radius 1 is 1.00 bits per heavy atom. The molecule has 1 fully saturated rings. The molecule has 1 atom stereocenters. The average Bonchev–Trinajstić information content (AvgIpc) is 3.25. The zero-order valence-corrected chi connectivity index (χ0v) is 18.9. The number of nitrogens with one attached hydrogen (secondary N) is 1. The minimum Gasteiger partial charge on any atom is -0.489 e. The molecule has 1 aliphatic carbocycles. The van der Waals surface area contributed by atoms with Crippen LogP contribution in [0.2, 0.25) is 0 Å². The van der Waals surface area contributed by atoms with E-state index in [1.807, 2.05) is 24.3 Å². The predicted octanol–water partition coefficient (Wildman–Crippen LogP) is 5.17. The highest BCUT2D eigenvalue weighted by atomic mass is 16.5. The van der Waals surface area contributed by atoms with Crippen LogP contribution < -0.4 is 10.1 Å². The first kappa shape index (κ1) is 22.9. The van der Waals surface area contributed by atoms with Gasteiger partial charge in [-0.3, -0.25) is 4.79 Å². The quantitative estimate of drug-likeness (QED) is 0.624. The van der Waals surface area contributed by atoms with Crippen molar-refractivity contribution in [3.05, 3.63) is 65.2 Å². The molecule has 0 radical (unpaired) electrons. The van der Waals surface area contributed by atoms with Crippen LogP contribution in [0.4, 0.5) is 0 Å². The molecule has 1 amide bonds. The summed E-state index contributed by atoms with van der Waals surface area (Å²) in [6, 6.07) is 15.4. The summed E-state index contributed by atoms with van der Waals surface area (Å²) in [5.74, 6) is 0.0700. The van der Waals surface area contributed by atoms with Crippen molar-refractivity contribution in [2.75, 3.05) is 0 Å². The third-order valence-corrected chi connectivity index (χ3v) is 5.67. The average molecular weight is 424 g/mol. The summed E-state index contributed by atoms with van der Waals surface area (Å²) in [5.41, 5.74) is 2.73. The van der Waals surface area contributed by atoms with Crippen molar-refractivity contribution in [2.24, 2.45) is 0 Å². The number of hydrogen-bond donors (Lipinski definition) is 1. The van der Waals surface area contributed by atoms with E-state index >= 15 is 0 Å². The first-order chi connectivity index (χ1) is 14.7. The van der Waals surface area contributed by atoms with Gasteiger partial charge in [0.05, 0.1) is 5.56 Å². The highest BCUT2D eigenvalue weighted by molar-refractivity contribution is 5.92. The third kappa shape index (κ3) is 6.58. The Balaban J connectivity index is 1.48. The topological polar surface area (TPSA) is 64.6 Å². The maximum absolute atomic E-state index is 12.4. The van der Waals surface area contributed by atoms with Gasteiger partial charge in [0.1, 0.15) is 12.4 Å². The van der Waals surface area contributed by atoms with Gasteiger partial charge in [0.2, 0.25) is 0 Å². The van der Waals surface area contributed by atoms with Crippen LogP contribution in [-0.2, 0) is 21.6 Å². The molecule has 0 heterocycles. The number of amides is 1. The number of ether oxygens (including phenoxy) is 2. The summed E-state index contributed by atoms with van der Waals surface area (Å²) < 4.78 is 11.2. The van der Waals surface area contributed by atoms with E-state index in [9.17, 15) is 9.59 Å². The van der Waals surface area contributed by atoms with E-state index in [1.54, 1.807) is 19.1 Å². The molecular weight excluding hydrogens is 390 g/mol. The van der Waals surface area contributed by atoms with Gasteiger partial charge in [0, 0.05) is 6.04 Å². The van der Waals surface area contributed by atoms with Crippen molar-refractivity contribution >= 4 is 11.9 Å². The van der Waals surface area contributed by atoms with Gasteiger partial charge in [0.25, 0.3) is 5.91 Å². The van der Waals surface area contributed by atoms with Crippen LogP contribution >= 0.6 is 0 Å². The second-order valence-electron chi connectivity index (χ2n) is 9.30. The summed E-state index contributed by atoms with van der Waals surface area (Å²) in [5, 5.41) is 2.96. The molecule has 5 heteroatoms. The van der Waals surface area contributed by atoms with E-state index in [4.69, 9.17) is 9.47 Å². The van der Waals surface area contributed by atoms with Gasteiger partial charge in [-0.05, 0) is 60.6 Å². The number of esters is 1. The molecule has 2 aromatic rings. The zero-order chi connectivity index (χ0) is 22.4. The minimum atomic E-state index is -0.813. The molecule has 3 rings (SSSR count). The molecule has 0 saturated heterocycles. The summed E-state index contributed by atoms with van der Waals surface area (Å²) in [6.45, 7) is 8.55. The smallest absolute Gasteiger partial charge is 0.338 e. The Labute approximate surface area is 185 Å². The molecule has 2 aromatic carbocycles. The van der Waals surface area contributed by atoms with Crippen molar-refractivity contribution in [1.29, 1.82) is 0 Å². The fraction of sp³-hybridized carbons (Fsp3) is 0.462. The molecule has 0 unspecified atom stereocenters. The highest BCUT2D eigenvalue weighted by Gasteiger charge is 2.23. The van der Waals surface area contributed by atoms with Crippen LogP contribution in [0.25, 0.3) is 0 Å². The number of carbonyl (C=O) groups excluding carboxylic acids is 2. The summed E-state index contributed by atoms with van der Waals surface area (Å²) in [7, 11) is 0. The Hall–Kier alpha value is -2.82. The number of carbonyl (C=O) groups is 2. The van der Waals surface area contributed by atoms with Crippen LogP contribution in [0.15, 0.2) is 48.5 Å². The van der Waals surface area contributed by atoms with E-state index in [0.717, 1.165) is 37.0 Å². The molecule has 0 spiro atoms. The normalized spacial score (nSPS) is 15.4. The van der Waals surface area contributed by atoms with Crippen LogP contribution in [0.1, 0.15) is 74.9 Å². The van der Waals surface area contributed by atoms with Crippen LogP contribution in [0, 0.1) is 0 Å². The van der Waals surface area contributed by atoms with Crippen molar-refractivity contribution < 1.29 is 19.1 Å². The summed E-state index contributed by atoms with van der Waals surface area (Å²) >= 11 is 0. The van der Waals surface area contributed by atoms with Gasteiger partial charge < -0.3 is 14.8 Å². The first-order valence-electron chi connectivity index (χ1n) is 11.1. The molecule has 1 N–H and O–H groups in total. The van der Waals surface area contributed by atoms with Crippen molar-refractivity contribution in [2.45, 2.75) is 77.5 Å². The summed E-state index contributed by atoms with van der Waals surface area (Å²) in [6.07, 6.45) is 3.45. The van der Waals surface area contributed by atoms with Crippen molar-refractivity contribution in [3.63, 3.8) is 0 Å². The van der Waals surface area contributed by atoms with Crippen LogP contribution in [-0.4, -0.2) is 24.0 Å². The highest BCUT2D eigenvalue weighted by Crippen LogP contribution is 2.24. The Kier molecular flexibility index (Phi) is 7.37. The molecule has 1 aliphatic rings. The second kappa shape index (κ2) is 9.99. The Bertz CT molecular complexity index is 875. The molecule has 0 bridgehead atoms. The lowest BCUT2D eigenvalue weighted by Gasteiger charge is -2.19. The van der Waals surface area contributed by atoms with Gasteiger partial charge in [0.15, 0.2) is 6.10 Å². The van der Waals surface area contributed by atoms with Gasteiger partial charge >= 0.3 is 5.97 Å². The number of hydrogen-bond acceptors (Lipinski definition) is 4. The maximum Gasteiger partial charge on any atom is 0.338 e. The standard InChI is InChI=1S/C26H33NO4/c1-18(24(28)27-22-7-5-6-8-22)31-25(29)20-11-9-19(10-12-20)17-30-23-15-13-21(14-16-23)26(2,3)4/h9-16,18,22H,5-8,17H2,1-4H3,(H,27,28)/t18-/m0/s1. The second-order valence-corrected chi connectivity index (χ2v) is 9.30. The molecular formula is C26H33NO4. The van der Waals surface area contributed by atoms with E-state index < -0.39 is 12.1 Å². The predicted molar refractivity (Wildman–Crippen MR) is 121 cm³/mol. The molecule has 0 aliphatic heterocycles. The molecule has 166 valence electrons. The van der Waals surface area contributed by atoms with Crippen molar-refractivity contribution in [1.82, 2.24) is 5.32 Å². The Morgan fingerprint density at radius 2 is 1.61 bits per heavy atom. The molecule has 1 saturated carbocycles. The lowest BCUT2D eigenvalue weighted by atomic mass is 9.87. The zero-order valence-electron chi connectivity index (χ0n) is 18.9. The molecule has 31 heavy (non-hydrogen) atoms. The largest absolute Gasteiger partial charge is 0.489 e. The van der Waals surface area contributed by atoms with E-state index in [1.165, 1.54) is 5.56 Å². The molecule has 0 aromatic heterocycles. The van der Waals surface area contributed by atoms with Gasteiger partial charge in [-0.1, -0.05) is 57.9 Å². The lowest BCUT2D eigenvalue weighted by molar-refractivity contribution is -0.129. The monoisotopic (exact) mass is 423 g/mol. The van der Waals surface area contributed by atoms with Gasteiger partial charge in [-0.15, -0.1) is 0 Å². The number of benzene rings is 2. The fourth-order valence-electron chi connectivity index (χ4n) is 3.63. The minimum absolute atomic E-state index is 0.109. The SMILES string of the molecule is C[C@H](OC(=O)c1ccc(COc2ccc(C(C)(C)C)cc2)cc1)C(=O)NC1CCCC1. The van der Waals surface area contributed by atoms with Gasteiger partial charge in [-0.25, -0.2) is 4.79 Å². The maximum atomic E-state index is 12.4. The summed E-state index contributed by atoms with van der Waals surface area (Å²) in [4.78, 5) is 24.6. The lowest BCUT2D eigenvalue weighted by Crippen LogP contribution is -2.40.